The van der Waals surface area contributed by atoms with Crippen molar-refractivity contribution < 1.29 is 14.7 Å². The minimum absolute atomic E-state index is 0.162. The third-order valence-corrected chi connectivity index (χ3v) is 2.94. The summed E-state index contributed by atoms with van der Waals surface area (Å²) in [5.41, 5.74) is -0.124. The van der Waals surface area contributed by atoms with Crippen molar-refractivity contribution in [3.63, 3.8) is 0 Å². The Balaban J connectivity index is 3.46. The second kappa shape index (κ2) is 6.08. The van der Waals surface area contributed by atoms with E-state index in [9.17, 15) is 14.7 Å². The third kappa shape index (κ3) is 3.49. The van der Waals surface area contributed by atoms with Crippen LogP contribution in [-0.4, -0.2) is 35.8 Å². The zero-order chi connectivity index (χ0) is 14.7. The highest BCUT2D eigenvalue weighted by molar-refractivity contribution is 6.36. The maximum atomic E-state index is 11.9. The molecule has 102 valence electrons. The Morgan fingerprint density at radius 1 is 1.21 bits per heavy atom. The van der Waals surface area contributed by atoms with Crippen LogP contribution in [0.4, 0.5) is 0 Å². The number of carbonyl (C=O) groups excluding carboxylic acids is 2. The molecule has 0 aromatic heterocycles. The molecule has 19 heavy (non-hydrogen) atoms. The number of nitrogens with zero attached hydrogens (tertiary/aromatic N) is 1. The minimum atomic E-state index is -0.587. The van der Waals surface area contributed by atoms with Gasteiger partial charge in [-0.1, -0.05) is 23.2 Å². The average molecular weight is 302 g/mol. The number of carbonyl (C=O) groups is 2. The van der Waals surface area contributed by atoms with Crippen molar-refractivity contribution in [1.82, 2.24) is 4.90 Å². The zero-order valence-corrected chi connectivity index (χ0v) is 12.2. The number of aliphatic hydroxyl groups excluding tert-OH is 1. The molecule has 0 atom stereocenters. The molecule has 0 unspecified atom stereocenters. The zero-order valence-electron chi connectivity index (χ0n) is 10.7. The monoisotopic (exact) mass is 301 g/mol. The predicted molar refractivity (Wildman–Crippen MR) is 75.4 cm³/mol. The van der Waals surface area contributed by atoms with E-state index >= 15 is 0 Å². The number of halogens is 2. The number of rotatable bonds is 3. The van der Waals surface area contributed by atoms with Crippen LogP contribution in [0.25, 0.3) is 5.76 Å². The topological polar surface area (TPSA) is 57.6 Å². The Labute approximate surface area is 121 Å². The summed E-state index contributed by atoms with van der Waals surface area (Å²) in [6.07, 6.45) is 0. The Bertz CT molecular complexity index is 565. The molecule has 0 saturated carbocycles. The fourth-order valence-electron chi connectivity index (χ4n) is 1.46. The maximum Gasteiger partial charge on any atom is 0.260 e. The Kier molecular flexibility index (Phi) is 4.97. The van der Waals surface area contributed by atoms with Gasteiger partial charge in [-0.25, -0.2) is 0 Å². The predicted octanol–water partition coefficient (Wildman–Crippen LogP) is 2.94. The molecule has 0 radical (unpaired) electrons. The molecular weight excluding hydrogens is 289 g/mol. The molecule has 0 saturated heterocycles. The molecule has 4 nitrogen and oxygen atoms in total. The highest BCUT2D eigenvalue weighted by Crippen LogP contribution is 2.28. The molecule has 6 heteroatoms. The van der Waals surface area contributed by atoms with E-state index in [0.29, 0.717) is 5.02 Å². The summed E-state index contributed by atoms with van der Waals surface area (Å²) >= 11 is 11.7. The highest BCUT2D eigenvalue weighted by Gasteiger charge is 2.23. The number of benzene rings is 1. The number of Topliss-reactive ketones (excluding diaryl/α,β-unsaturated/α-hetero) is 1. The fourth-order valence-corrected chi connectivity index (χ4v) is 1.96. The lowest BCUT2D eigenvalue weighted by molar-refractivity contribution is -0.127. The number of ketones is 1. The first-order chi connectivity index (χ1) is 8.75. The number of aliphatic hydroxyl groups is 1. The molecule has 0 spiro atoms. The Morgan fingerprint density at radius 2 is 1.79 bits per heavy atom. The molecule has 0 aliphatic rings. The van der Waals surface area contributed by atoms with Crippen molar-refractivity contribution >= 4 is 40.7 Å². The van der Waals surface area contributed by atoms with Crippen LogP contribution in [0.3, 0.4) is 0 Å². The van der Waals surface area contributed by atoms with Crippen LogP contribution in [-0.2, 0) is 9.59 Å². The summed E-state index contributed by atoms with van der Waals surface area (Å²) in [5.74, 6) is -1.58. The van der Waals surface area contributed by atoms with Crippen LogP contribution < -0.4 is 0 Å². The summed E-state index contributed by atoms with van der Waals surface area (Å²) in [7, 11) is 2.98. The van der Waals surface area contributed by atoms with E-state index in [2.05, 4.69) is 0 Å². The van der Waals surface area contributed by atoms with E-state index < -0.39 is 17.4 Å². The van der Waals surface area contributed by atoms with Crippen LogP contribution in [0.1, 0.15) is 12.5 Å². The maximum absolute atomic E-state index is 11.9. The molecule has 0 aliphatic carbocycles. The first-order valence-electron chi connectivity index (χ1n) is 5.37. The number of hydrogen-bond donors (Lipinski definition) is 1. The molecule has 0 heterocycles. The van der Waals surface area contributed by atoms with Gasteiger partial charge >= 0.3 is 0 Å². The van der Waals surface area contributed by atoms with Gasteiger partial charge in [-0.3, -0.25) is 9.59 Å². The summed E-state index contributed by atoms with van der Waals surface area (Å²) in [6, 6.07) is 4.38. The van der Waals surface area contributed by atoms with E-state index in [1.165, 1.54) is 44.1 Å². The lowest BCUT2D eigenvalue weighted by Gasteiger charge is -2.14. The van der Waals surface area contributed by atoms with Crippen molar-refractivity contribution in [2.45, 2.75) is 6.92 Å². The largest absolute Gasteiger partial charge is 0.506 e. The summed E-state index contributed by atoms with van der Waals surface area (Å²) in [6.45, 7) is 1.21. The van der Waals surface area contributed by atoms with Gasteiger partial charge in [-0.05, 0) is 25.1 Å². The van der Waals surface area contributed by atoms with E-state index in [-0.39, 0.29) is 16.2 Å². The molecule has 1 N–H and O–H groups in total. The molecule has 1 amide bonds. The standard InChI is InChI=1S/C13H13Cl2NO3/c1-7(17)11(13(19)16(2)3)12(18)9-5-4-8(14)6-10(9)15/h4-6,18H,1-3H3/b12-11-. The molecule has 1 aromatic carbocycles. The first kappa shape index (κ1) is 15.5. The summed E-state index contributed by atoms with van der Waals surface area (Å²) in [4.78, 5) is 24.6. The highest BCUT2D eigenvalue weighted by atomic mass is 35.5. The summed E-state index contributed by atoms with van der Waals surface area (Å²) < 4.78 is 0. The molecule has 0 fully saturated rings. The molecular formula is C13H13Cl2NO3. The van der Waals surface area contributed by atoms with E-state index in [4.69, 9.17) is 23.2 Å². The smallest absolute Gasteiger partial charge is 0.260 e. The van der Waals surface area contributed by atoms with Crippen molar-refractivity contribution in [3.05, 3.63) is 39.4 Å². The van der Waals surface area contributed by atoms with Gasteiger partial charge in [0.1, 0.15) is 11.3 Å². The number of amides is 1. The molecule has 0 aliphatic heterocycles. The normalized spacial score (nSPS) is 11.8. The van der Waals surface area contributed by atoms with E-state index in [0.717, 1.165) is 0 Å². The van der Waals surface area contributed by atoms with Crippen LogP contribution in [0.5, 0.6) is 0 Å². The van der Waals surface area contributed by atoms with Gasteiger partial charge in [-0.2, -0.15) is 0 Å². The van der Waals surface area contributed by atoms with Crippen molar-refractivity contribution in [2.75, 3.05) is 14.1 Å². The quantitative estimate of drug-likeness (QED) is 0.404. The van der Waals surface area contributed by atoms with Gasteiger partial charge in [0, 0.05) is 24.7 Å². The number of hydrogen-bond acceptors (Lipinski definition) is 3. The van der Waals surface area contributed by atoms with Gasteiger partial charge < -0.3 is 10.0 Å². The van der Waals surface area contributed by atoms with Crippen LogP contribution >= 0.6 is 23.2 Å². The van der Waals surface area contributed by atoms with Crippen molar-refractivity contribution in [3.8, 4) is 0 Å². The van der Waals surface area contributed by atoms with Gasteiger partial charge in [0.05, 0.1) is 5.02 Å². The van der Waals surface area contributed by atoms with E-state index in [1.807, 2.05) is 0 Å². The second-order valence-corrected chi connectivity index (χ2v) is 4.95. The first-order valence-corrected chi connectivity index (χ1v) is 6.12. The number of likely N-dealkylation sites (N-methyl/N-ethyl adjacent to an activating group) is 1. The van der Waals surface area contributed by atoms with Crippen molar-refractivity contribution in [2.24, 2.45) is 0 Å². The SMILES string of the molecule is CC(=O)/C(C(=O)N(C)C)=C(/O)c1ccc(Cl)cc1Cl. The van der Waals surface area contributed by atoms with Crippen LogP contribution in [0.15, 0.2) is 23.8 Å². The van der Waals surface area contributed by atoms with Gasteiger partial charge in [0.15, 0.2) is 5.78 Å². The van der Waals surface area contributed by atoms with Gasteiger partial charge in [0.25, 0.3) is 5.91 Å². The van der Waals surface area contributed by atoms with Crippen LogP contribution in [0.2, 0.25) is 10.0 Å². The van der Waals surface area contributed by atoms with Gasteiger partial charge in [0.2, 0.25) is 0 Å². The lowest BCUT2D eigenvalue weighted by atomic mass is 10.0. The fraction of sp³-hybridized carbons (Fsp3) is 0.231. The molecule has 0 bridgehead atoms. The Hall–Kier alpha value is -1.52. The molecule has 1 aromatic rings. The van der Waals surface area contributed by atoms with Gasteiger partial charge in [-0.15, -0.1) is 0 Å². The van der Waals surface area contributed by atoms with Crippen molar-refractivity contribution in [1.29, 1.82) is 0 Å². The molecule has 1 rings (SSSR count). The van der Waals surface area contributed by atoms with E-state index in [1.54, 1.807) is 0 Å². The average Bonchev–Trinajstić information content (AvgIpc) is 2.27. The lowest BCUT2D eigenvalue weighted by Crippen LogP contribution is -2.27. The minimum Gasteiger partial charge on any atom is -0.506 e. The Morgan fingerprint density at radius 3 is 2.21 bits per heavy atom. The van der Waals surface area contributed by atoms with Crippen LogP contribution in [0, 0.1) is 0 Å². The third-order valence-electron chi connectivity index (χ3n) is 2.40. The second-order valence-electron chi connectivity index (χ2n) is 4.10. The summed E-state index contributed by atoms with van der Waals surface area (Å²) in [5, 5.41) is 10.7.